The van der Waals surface area contributed by atoms with E-state index in [9.17, 15) is 5.11 Å². The first-order valence-corrected chi connectivity index (χ1v) is 8.31. The molecule has 3 aliphatic rings. The fourth-order valence-corrected chi connectivity index (χ4v) is 4.10. The van der Waals surface area contributed by atoms with Crippen LogP contribution in [0.4, 0.5) is 0 Å². The predicted molar refractivity (Wildman–Crippen MR) is 83.1 cm³/mol. The maximum absolute atomic E-state index is 10.5. The number of ether oxygens (including phenoxy) is 1. The lowest BCUT2D eigenvalue weighted by Gasteiger charge is -2.49. The van der Waals surface area contributed by atoms with Crippen molar-refractivity contribution in [2.75, 3.05) is 19.7 Å². The second-order valence-corrected chi connectivity index (χ2v) is 6.69. The van der Waals surface area contributed by atoms with E-state index in [0.717, 1.165) is 42.6 Å². The van der Waals surface area contributed by atoms with Crippen LogP contribution in [0.5, 0.6) is 5.75 Å². The monoisotopic (exact) mass is 339 g/mol. The Labute approximate surface area is 129 Å². The van der Waals surface area contributed by atoms with Crippen molar-refractivity contribution in [3.8, 4) is 5.75 Å². The van der Waals surface area contributed by atoms with Gasteiger partial charge < -0.3 is 9.84 Å². The lowest BCUT2D eigenvalue weighted by Crippen LogP contribution is -2.58. The zero-order valence-electron chi connectivity index (χ0n) is 11.9. The van der Waals surface area contributed by atoms with Crippen LogP contribution in [0.3, 0.4) is 0 Å². The van der Waals surface area contributed by atoms with E-state index in [1.54, 1.807) is 0 Å². The SMILES string of the molecule is CCOc1ccc(CC2C(O)C3CCN2CC3)cc1Br. The number of aliphatic hydroxyl groups is 1. The second-order valence-electron chi connectivity index (χ2n) is 5.83. The molecule has 3 saturated heterocycles. The highest BCUT2D eigenvalue weighted by Gasteiger charge is 2.40. The molecular formula is C16H22BrNO2. The normalized spacial score (nSPS) is 32.4. The standard InChI is InChI=1S/C16H22BrNO2/c1-2-20-15-4-3-11(9-13(15)17)10-14-16(19)12-5-7-18(14)8-6-12/h3-4,9,12,14,16,19H,2,5-8,10H2,1H3. The third kappa shape index (κ3) is 2.74. The summed E-state index contributed by atoms with van der Waals surface area (Å²) in [6.45, 7) is 4.95. The van der Waals surface area contributed by atoms with Gasteiger partial charge in [0.1, 0.15) is 5.75 Å². The Bertz CT molecular complexity index is 470. The molecule has 1 aromatic rings. The fraction of sp³-hybridized carbons (Fsp3) is 0.625. The maximum Gasteiger partial charge on any atom is 0.133 e. The first-order valence-electron chi connectivity index (χ1n) is 7.52. The molecule has 3 heterocycles. The van der Waals surface area contributed by atoms with E-state index < -0.39 is 0 Å². The molecule has 0 spiro atoms. The topological polar surface area (TPSA) is 32.7 Å². The predicted octanol–water partition coefficient (Wildman–Crippen LogP) is 2.85. The summed E-state index contributed by atoms with van der Waals surface area (Å²) in [5.41, 5.74) is 1.26. The summed E-state index contributed by atoms with van der Waals surface area (Å²) in [4.78, 5) is 2.45. The average molecular weight is 340 g/mol. The zero-order valence-corrected chi connectivity index (χ0v) is 13.5. The van der Waals surface area contributed by atoms with E-state index in [-0.39, 0.29) is 12.1 Å². The summed E-state index contributed by atoms with van der Waals surface area (Å²) >= 11 is 3.57. The van der Waals surface area contributed by atoms with Gasteiger partial charge in [-0.05, 0) is 78.8 Å². The third-order valence-electron chi connectivity index (χ3n) is 4.66. The number of benzene rings is 1. The van der Waals surface area contributed by atoms with Gasteiger partial charge >= 0.3 is 0 Å². The maximum atomic E-state index is 10.5. The van der Waals surface area contributed by atoms with Gasteiger partial charge in [0.15, 0.2) is 0 Å². The molecule has 3 fully saturated rings. The molecule has 0 aromatic heterocycles. The number of rotatable bonds is 4. The Hall–Kier alpha value is -0.580. The van der Waals surface area contributed by atoms with Crippen LogP contribution >= 0.6 is 15.9 Å². The number of nitrogens with zero attached hydrogens (tertiary/aromatic N) is 1. The number of hydrogen-bond acceptors (Lipinski definition) is 3. The number of piperidine rings is 3. The quantitative estimate of drug-likeness (QED) is 0.915. The van der Waals surface area contributed by atoms with Gasteiger partial charge in [-0.15, -0.1) is 0 Å². The van der Waals surface area contributed by atoms with Crippen molar-refractivity contribution < 1.29 is 9.84 Å². The van der Waals surface area contributed by atoms with Gasteiger partial charge in [0, 0.05) is 6.04 Å². The minimum Gasteiger partial charge on any atom is -0.493 e. The molecule has 20 heavy (non-hydrogen) atoms. The first-order chi connectivity index (χ1) is 9.69. The van der Waals surface area contributed by atoms with Crippen molar-refractivity contribution in [3.05, 3.63) is 28.2 Å². The van der Waals surface area contributed by atoms with Crippen molar-refractivity contribution >= 4 is 15.9 Å². The van der Waals surface area contributed by atoms with Crippen molar-refractivity contribution in [1.29, 1.82) is 0 Å². The van der Waals surface area contributed by atoms with Crippen LogP contribution in [0.1, 0.15) is 25.3 Å². The van der Waals surface area contributed by atoms with E-state index in [1.807, 2.05) is 13.0 Å². The first kappa shape index (κ1) is 14.4. The van der Waals surface area contributed by atoms with Crippen molar-refractivity contribution in [1.82, 2.24) is 4.90 Å². The highest BCUT2D eigenvalue weighted by Crippen LogP contribution is 2.34. The Morgan fingerprint density at radius 2 is 2.10 bits per heavy atom. The lowest BCUT2D eigenvalue weighted by atomic mass is 9.78. The van der Waals surface area contributed by atoms with Crippen LogP contribution in [0.2, 0.25) is 0 Å². The van der Waals surface area contributed by atoms with E-state index in [0.29, 0.717) is 12.5 Å². The molecule has 3 aliphatic heterocycles. The Morgan fingerprint density at radius 1 is 1.35 bits per heavy atom. The van der Waals surface area contributed by atoms with E-state index in [4.69, 9.17) is 4.74 Å². The number of hydrogen-bond donors (Lipinski definition) is 1. The molecule has 1 aromatic carbocycles. The van der Waals surface area contributed by atoms with Crippen LogP contribution < -0.4 is 4.74 Å². The van der Waals surface area contributed by atoms with Crippen LogP contribution in [-0.2, 0) is 6.42 Å². The Kier molecular flexibility index (Phi) is 4.34. The molecule has 1 N–H and O–H groups in total. The molecule has 0 aliphatic carbocycles. The van der Waals surface area contributed by atoms with Crippen molar-refractivity contribution in [3.63, 3.8) is 0 Å². The van der Waals surface area contributed by atoms with Crippen molar-refractivity contribution in [2.24, 2.45) is 5.92 Å². The fourth-order valence-electron chi connectivity index (χ4n) is 3.56. The summed E-state index contributed by atoms with van der Waals surface area (Å²) in [7, 11) is 0. The van der Waals surface area contributed by atoms with Crippen LogP contribution in [-0.4, -0.2) is 41.8 Å². The van der Waals surface area contributed by atoms with Crippen LogP contribution in [0, 0.1) is 5.92 Å². The van der Waals surface area contributed by atoms with Crippen molar-refractivity contribution in [2.45, 2.75) is 38.3 Å². The van der Waals surface area contributed by atoms with E-state index in [1.165, 1.54) is 5.56 Å². The van der Waals surface area contributed by atoms with Gasteiger partial charge in [-0.25, -0.2) is 0 Å². The van der Waals surface area contributed by atoms with Gasteiger partial charge in [-0.2, -0.15) is 0 Å². The van der Waals surface area contributed by atoms with E-state index >= 15 is 0 Å². The summed E-state index contributed by atoms with van der Waals surface area (Å²) < 4.78 is 6.55. The van der Waals surface area contributed by atoms with Gasteiger partial charge in [-0.1, -0.05) is 6.07 Å². The van der Waals surface area contributed by atoms with Gasteiger partial charge in [0.2, 0.25) is 0 Å². The lowest BCUT2D eigenvalue weighted by molar-refractivity contribution is -0.0715. The number of aliphatic hydroxyl groups excluding tert-OH is 1. The molecule has 2 bridgehead atoms. The molecule has 2 atom stereocenters. The molecule has 110 valence electrons. The summed E-state index contributed by atoms with van der Waals surface area (Å²) in [6.07, 6.45) is 3.07. The third-order valence-corrected chi connectivity index (χ3v) is 5.28. The zero-order chi connectivity index (χ0) is 14.1. The molecule has 4 heteroatoms. The second kappa shape index (κ2) is 6.04. The number of halogens is 1. The molecule has 0 saturated carbocycles. The van der Waals surface area contributed by atoms with Gasteiger partial charge in [0.05, 0.1) is 17.2 Å². The van der Waals surface area contributed by atoms with Gasteiger partial charge in [0.25, 0.3) is 0 Å². The Morgan fingerprint density at radius 3 is 2.70 bits per heavy atom. The highest BCUT2D eigenvalue weighted by atomic mass is 79.9. The average Bonchev–Trinajstić information content (AvgIpc) is 2.46. The molecule has 3 nitrogen and oxygen atoms in total. The molecule has 0 amide bonds. The molecule has 4 rings (SSSR count). The summed E-state index contributed by atoms with van der Waals surface area (Å²) in [6, 6.07) is 6.55. The summed E-state index contributed by atoms with van der Waals surface area (Å²) in [5, 5.41) is 10.5. The summed E-state index contributed by atoms with van der Waals surface area (Å²) in [5.74, 6) is 1.40. The van der Waals surface area contributed by atoms with Crippen LogP contribution in [0.25, 0.3) is 0 Å². The molecular weight excluding hydrogens is 318 g/mol. The highest BCUT2D eigenvalue weighted by molar-refractivity contribution is 9.10. The van der Waals surface area contributed by atoms with Gasteiger partial charge in [-0.3, -0.25) is 4.90 Å². The van der Waals surface area contributed by atoms with Crippen LogP contribution in [0.15, 0.2) is 22.7 Å². The molecule has 0 radical (unpaired) electrons. The minimum atomic E-state index is -0.164. The van der Waals surface area contributed by atoms with E-state index in [2.05, 4.69) is 33.0 Å². The smallest absolute Gasteiger partial charge is 0.133 e. The molecule has 2 unspecified atom stereocenters. The minimum absolute atomic E-state index is 0.164. The largest absolute Gasteiger partial charge is 0.493 e. The Balaban J connectivity index is 1.73. The number of fused-ring (bicyclic) bond motifs is 3.